The topological polar surface area (TPSA) is 47.4 Å². The van der Waals surface area contributed by atoms with Crippen LogP contribution < -0.4 is 9.64 Å². The van der Waals surface area contributed by atoms with Crippen LogP contribution in [-0.4, -0.2) is 28.6 Å². The summed E-state index contributed by atoms with van der Waals surface area (Å²) in [5, 5.41) is 0. The summed E-state index contributed by atoms with van der Waals surface area (Å²) in [5.41, 5.74) is 1.72. The van der Waals surface area contributed by atoms with Gasteiger partial charge in [-0.1, -0.05) is 15.9 Å². The van der Waals surface area contributed by atoms with Gasteiger partial charge in [0.05, 0.1) is 25.0 Å². The van der Waals surface area contributed by atoms with Crippen molar-refractivity contribution in [2.75, 3.05) is 18.1 Å². The number of carbonyl (C=O) groups excluding carboxylic acids is 1. The Labute approximate surface area is 125 Å². The molecule has 0 saturated heterocycles. The summed E-state index contributed by atoms with van der Waals surface area (Å²) in [5.74, 6) is 0.800. The molecule has 2 aromatic rings. The number of aromatic nitrogens is 2. The quantitative estimate of drug-likeness (QED) is 0.844. The van der Waals surface area contributed by atoms with E-state index in [2.05, 4.69) is 20.9 Å². The Morgan fingerprint density at radius 1 is 1.50 bits per heavy atom. The number of aryl methyl sites for hydroxylation is 1. The maximum atomic E-state index is 12.5. The lowest BCUT2D eigenvalue weighted by atomic mass is 10.2. The van der Waals surface area contributed by atoms with Gasteiger partial charge in [-0.05, 0) is 18.2 Å². The predicted octanol–water partition coefficient (Wildman–Crippen LogP) is 2.15. The van der Waals surface area contributed by atoms with Gasteiger partial charge in [-0.25, -0.2) is 4.98 Å². The van der Waals surface area contributed by atoms with Crippen molar-refractivity contribution in [3.63, 3.8) is 0 Å². The van der Waals surface area contributed by atoms with Gasteiger partial charge in [0.1, 0.15) is 12.4 Å². The van der Waals surface area contributed by atoms with Crippen molar-refractivity contribution in [3.05, 3.63) is 40.9 Å². The van der Waals surface area contributed by atoms with Crippen LogP contribution in [0, 0.1) is 0 Å². The van der Waals surface area contributed by atoms with Crippen LogP contribution in [0.15, 0.2) is 35.2 Å². The third-order valence-electron chi connectivity index (χ3n) is 3.33. The molecule has 1 aromatic carbocycles. The van der Waals surface area contributed by atoms with Gasteiger partial charge in [0.2, 0.25) is 5.91 Å². The number of benzene rings is 1. The molecule has 0 fully saturated rings. The summed E-state index contributed by atoms with van der Waals surface area (Å²) in [6, 6.07) is 5.70. The van der Waals surface area contributed by atoms with Crippen molar-refractivity contribution in [1.82, 2.24) is 9.55 Å². The molecular formula is C14H14BrN3O2. The number of hydrogen-bond donors (Lipinski definition) is 0. The smallest absolute Gasteiger partial charge is 0.233 e. The molecule has 5 nitrogen and oxygen atoms in total. The summed E-state index contributed by atoms with van der Waals surface area (Å²) in [6.45, 7) is 1.09. The van der Waals surface area contributed by atoms with Crippen molar-refractivity contribution >= 4 is 27.5 Å². The first-order chi connectivity index (χ1) is 9.65. The Balaban J connectivity index is 1.87. The van der Waals surface area contributed by atoms with Crippen LogP contribution in [0.3, 0.4) is 0 Å². The van der Waals surface area contributed by atoms with E-state index in [1.807, 2.05) is 29.8 Å². The van der Waals surface area contributed by atoms with E-state index >= 15 is 0 Å². The third kappa shape index (κ3) is 2.43. The highest BCUT2D eigenvalue weighted by Gasteiger charge is 2.24. The van der Waals surface area contributed by atoms with Gasteiger partial charge in [-0.2, -0.15) is 0 Å². The van der Waals surface area contributed by atoms with Crippen LogP contribution in [0.2, 0.25) is 0 Å². The summed E-state index contributed by atoms with van der Waals surface area (Å²) < 4.78 is 8.38. The maximum Gasteiger partial charge on any atom is 0.233 e. The first kappa shape index (κ1) is 13.2. The molecule has 6 heteroatoms. The molecule has 0 bridgehead atoms. The average Bonchev–Trinajstić information content (AvgIpc) is 2.83. The first-order valence-electron chi connectivity index (χ1n) is 6.33. The Kier molecular flexibility index (Phi) is 3.48. The molecule has 1 aromatic heterocycles. The zero-order chi connectivity index (χ0) is 14.1. The fourth-order valence-corrected chi connectivity index (χ4v) is 2.60. The molecular weight excluding hydrogens is 322 g/mol. The molecule has 2 heterocycles. The molecule has 3 rings (SSSR count). The van der Waals surface area contributed by atoms with Crippen LogP contribution in [0.4, 0.5) is 5.69 Å². The van der Waals surface area contributed by atoms with E-state index in [9.17, 15) is 4.79 Å². The van der Waals surface area contributed by atoms with Crippen LogP contribution in [0.1, 0.15) is 5.69 Å². The fourth-order valence-electron chi connectivity index (χ4n) is 2.26. The second-order valence-electron chi connectivity index (χ2n) is 4.68. The molecule has 0 atom stereocenters. The van der Waals surface area contributed by atoms with E-state index < -0.39 is 0 Å². The molecule has 0 aliphatic carbocycles. The molecule has 104 valence electrons. The van der Waals surface area contributed by atoms with Gasteiger partial charge in [-0.3, -0.25) is 4.79 Å². The number of imidazole rings is 1. The summed E-state index contributed by atoms with van der Waals surface area (Å²) in [6.07, 6.45) is 3.76. The molecule has 1 aliphatic rings. The number of halogens is 1. The van der Waals surface area contributed by atoms with E-state index in [0.717, 1.165) is 21.6 Å². The second kappa shape index (κ2) is 5.28. The van der Waals surface area contributed by atoms with Crippen molar-refractivity contribution in [1.29, 1.82) is 0 Å². The van der Waals surface area contributed by atoms with Crippen molar-refractivity contribution in [2.45, 2.75) is 6.42 Å². The molecule has 0 radical (unpaired) electrons. The van der Waals surface area contributed by atoms with Crippen LogP contribution >= 0.6 is 15.9 Å². The molecule has 1 amide bonds. The van der Waals surface area contributed by atoms with E-state index in [1.165, 1.54) is 0 Å². The summed E-state index contributed by atoms with van der Waals surface area (Å²) >= 11 is 3.43. The van der Waals surface area contributed by atoms with E-state index in [0.29, 0.717) is 19.6 Å². The molecule has 0 N–H and O–H groups in total. The van der Waals surface area contributed by atoms with Gasteiger partial charge >= 0.3 is 0 Å². The Morgan fingerprint density at radius 2 is 2.35 bits per heavy atom. The lowest BCUT2D eigenvalue weighted by Gasteiger charge is -2.29. The number of anilines is 1. The van der Waals surface area contributed by atoms with Crippen molar-refractivity contribution in [2.24, 2.45) is 7.05 Å². The highest BCUT2D eigenvalue weighted by Crippen LogP contribution is 2.34. The fraction of sp³-hybridized carbons (Fsp3) is 0.286. The lowest BCUT2D eigenvalue weighted by Crippen LogP contribution is -2.39. The number of amides is 1. The zero-order valence-electron chi connectivity index (χ0n) is 11.0. The second-order valence-corrected chi connectivity index (χ2v) is 5.59. The van der Waals surface area contributed by atoms with Crippen LogP contribution in [-0.2, 0) is 18.3 Å². The zero-order valence-corrected chi connectivity index (χ0v) is 12.6. The van der Waals surface area contributed by atoms with Crippen LogP contribution in [0.5, 0.6) is 5.75 Å². The average molecular weight is 336 g/mol. The van der Waals surface area contributed by atoms with E-state index in [-0.39, 0.29) is 5.91 Å². The number of hydrogen-bond acceptors (Lipinski definition) is 3. The van der Waals surface area contributed by atoms with Crippen LogP contribution in [0.25, 0.3) is 0 Å². The largest absolute Gasteiger partial charge is 0.490 e. The van der Waals surface area contributed by atoms with Gasteiger partial charge in [0.15, 0.2) is 0 Å². The first-order valence-corrected chi connectivity index (χ1v) is 7.12. The molecule has 20 heavy (non-hydrogen) atoms. The van der Waals surface area contributed by atoms with E-state index in [1.54, 1.807) is 17.4 Å². The van der Waals surface area contributed by atoms with Crippen molar-refractivity contribution < 1.29 is 9.53 Å². The van der Waals surface area contributed by atoms with Crippen molar-refractivity contribution in [3.8, 4) is 5.75 Å². The molecule has 1 aliphatic heterocycles. The highest BCUT2D eigenvalue weighted by molar-refractivity contribution is 9.10. The standard InChI is InChI=1S/C14H14BrN3O2/c1-17-9-16-8-11(17)7-14(19)18-4-5-20-13-3-2-10(15)6-12(13)18/h2-3,6,8-9H,4-5,7H2,1H3. The Bertz CT molecular complexity index is 654. The molecule has 0 spiro atoms. The third-order valence-corrected chi connectivity index (χ3v) is 3.83. The highest BCUT2D eigenvalue weighted by atomic mass is 79.9. The lowest BCUT2D eigenvalue weighted by molar-refractivity contribution is -0.118. The normalized spacial score (nSPS) is 13.8. The van der Waals surface area contributed by atoms with E-state index in [4.69, 9.17) is 4.74 Å². The van der Waals surface area contributed by atoms with Gasteiger partial charge in [-0.15, -0.1) is 0 Å². The minimum Gasteiger partial charge on any atom is -0.490 e. The molecule has 0 saturated carbocycles. The molecule has 0 unspecified atom stereocenters. The number of nitrogens with zero attached hydrogens (tertiary/aromatic N) is 3. The SMILES string of the molecule is Cn1cncc1CC(=O)N1CCOc2ccc(Br)cc21. The number of rotatable bonds is 2. The Morgan fingerprint density at radius 3 is 3.10 bits per heavy atom. The monoisotopic (exact) mass is 335 g/mol. The Hall–Kier alpha value is -1.82. The van der Waals surface area contributed by atoms with Gasteiger partial charge < -0.3 is 14.2 Å². The maximum absolute atomic E-state index is 12.5. The number of carbonyl (C=O) groups is 1. The minimum atomic E-state index is 0.0521. The van der Waals surface area contributed by atoms with Gasteiger partial charge in [0, 0.05) is 23.4 Å². The predicted molar refractivity (Wildman–Crippen MR) is 78.9 cm³/mol. The summed E-state index contributed by atoms with van der Waals surface area (Å²) in [4.78, 5) is 18.3. The number of ether oxygens (including phenoxy) is 1. The number of fused-ring (bicyclic) bond motifs is 1. The minimum absolute atomic E-state index is 0.0521. The summed E-state index contributed by atoms with van der Waals surface area (Å²) in [7, 11) is 1.89. The van der Waals surface area contributed by atoms with Gasteiger partial charge in [0.25, 0.3) is 0 Å².